The number of carbonyl (C=O) groups excluding carboxylic acids is 2. The molecule has 2 aliphatic heterocycles. The third-order valence-corrected chi connectivity index (χ3v) is 4.06. The second kappa shape index (κ2) is 7.06. The van der Waals surface area contributed by atoms with Gasteiger partial charge in [0.2, 0.25) is 11.8 Å². The van der Waals surface area contributed by atoms with Crippen molar-refractivity contribution in [2.45, 2.75) is 32.0 Å². The van der Waals surface area contributed by atoms with Crippen molar-refractivity contribution in [3.05, 3.63) is 30.1 Å². The Morgan fingerprint density at radius 3 is 2.78 bits per heavy atom. The van der Waals surface area contributed by atoms with Crippen molar-refractivity contribution in [1.29, 1.82) is 0 Å². The Balaban J connectivity index is 1.54. The van der Waals surface area contributed by atoms with Gasteiger partial charge in [-0.1, -0.05) is 0 Å². The Kier molecular flexibility index (Phi) is 4.88. The Labute approximate surface area is 133 Å². The molecule has 2 atom stereocenters. The van der Waals surface area contributed by atoms with Gasteiger partial charge in [0.1, 0.15) is 5.82 Å². The number of hydrogen-bond donors (Lipinski definition) is 1. The predicted octanol–water partition coefficient (Wildman–Crippen LogP) is 1.75. The van der Waals surface area contributed by atoms with Gasteiger partial charge in [0.05, 0.1) is 5.92 Å². The van der Waals surface area contributed by atoms with Crippen molar-refractivity contribution in [2.24, 2.45) is 5.92 Å². The van der Waals surface area contributed by atoms with Gasteiger partial charge in [0.25, 0.3) is 0 Å². The number of hydroxylamine groups is 1. The maximum absolute atomic E-state index is 13.0. The Hall–Kier alpha value is -1.99. The average Bonchev–Trinajstić information content (AvgIpc) is 2.96. The number of benzene rings is 1. The van der Waals surface area contributed by atoms with Crippen LogP contribution < -0.4 is 10.4 Å². The van der Waals surface area contributed by atoms with Crippen LogP contribution in [0.2, 0.25) is 0 Å². The van der Waals surface area contributed by atoms with E-state index in [9.17, 15) is 14.0 Å². The molecule has 2 aliphatic rings. The molecule has 0 aliphatic carbocycles. The second-order valence-electron chi connectivity index (χ2n) is 5.76. The van der Waals surface area contributed by atoms with E-state index in [2.05, 4.69) is 5.48 Å². The molecule has 0 radical (unpaired) electrons. The lowest BCUT2D eigenvalue weighted by molar-refractivity contribution is -0.201. The van der Waals surface area contributed by atoms with Gasteiger partial charge in [-0.2, -0.15) is 0 Å². The summed E-state index contributed by atoms with van der Waals surface area (Å²) in [7, 11) is 0. The largest absolute Gasteiger partial charge is 0.350 e. The van der Waals surface area contributed by atoms with Crippen LogP contribution in [-0.4, -0.2) is 31.3 Å². The van der Waals surface area contributed by atoms with Crippen molar-refractivity contribution in [2.75, 3.05) is 18.1 Å². The highest BCUT2D eigenvalue weighted by Gasteiger charge is 2.35. The molecule has 2 fully saturated rings. The topological polar surface area (TPSA) is 67.9 Å². The van der Waals surface area contributed by atoms with Crippen molar-refractivity contribution < 1.29 is 23.6 Å². The SMILES string of the molecule is O=C(NO[C@H]1CCCCO1)[C@@H]1CC(=O)N(c2ccc(F)cc2)C1. The van der Waals surface area contributed by atoms with Gasteiger partial charge in [-0.25, -0.2) is 14.7 Å². The molecule has 7 heteroatoms. The summed E-state index contributed by atoms with van der Waals surface area (Å²) in [6.45, 7) is 0.881. The molecular formula is C16H19FN2O4. The Bertz CT molecular complexity index is 572. The van der Waals surface area contributed by atoms with Gasteiger partial charge < -0.3 is 9.64 Å². The molecule has 0 saturated carbocycles. The van der Waals surface area contributed by atoms with Crippen LogP contribution in [-0.2, 0) is 19.2 Å². The van der Waals surface area contributed by atoms with E-state index in [1.165, 1.54) is 29.2 Å². The first-order valence-corrected chi connectivity index (χ1v) is 7.76. The fourth-order valence-corrected chi connectivity index (χ4v) is 2.77. The smallest absolute Gasteiger partial charge is 0.249 e. The fraction of sp³-hybridized carbons (Fsp3) is 0.500. The summed E-state index contributed by atoms with van der Waals surface area (Å²) in [6.07, 6.45) is 2.43. The fourth-order valence-electron chi connectivity index (χ4n) is 2.77. The molecule has 0 aromatic heterocycles. The highest BCUT2D eigenvalue weighted by molar-refractivity contribution is 6.00. The summed E-state index contributed by atoms with van der Waals surface area (Å²) in [5.74, 6) is -1.35. The molecule has 2 saturated heterocycles. The molecule has 6 nitrogen and oxygen atoms in total. The number of nitrogens with zero attached hydrogens (tertiary/aromatic N) is 1. The molecule has 23 heavy (non-hydrogen) atoms. The highest BCUT2D eigenvalue weighted by Crippen LogP contribution is 2.25. The average molecular weight is 322 g/mol. The van der Waals surface area contributed by atoms with E-state index in [0.717, 1.165) is 19.3 Å². The van der Waals surface area contributed by atoms with E-state index in [1.807, 2.05) is 0 Å². The monoisotopic (exact) mass is 322 g/mol. The van der Waals surface area contributed by atoms with E-state index in [-0.39, 0.29) is 30.6 Å². The standard InChI is InChI=1S/C16H19FN2O4/c17-12-4-6-13(7-5-12)19-10-11(9-14(19)20)16(21)18-23-15-3-1-2-8-22-15/h4-7,11,15H,1-3,8-10H2,(H,18,21)/t11-,15+/m1/s1. The minimum Gasteiger partial charge on any atom is -0.350 e. The molecule has 0 spiro atoms. The van der Waals surface area contributed by atoms with E-state index < -0.39 is 12.2 Å². The Morgan fingerprint density at radius 1 is 1.30 bits per heavy atom. The molecular weight excluding hydrogens is 303 g/mol. The molecule has 2 heterocycles. The van der Waals surface area contributed by atoms with Gasteiger partial charge in [-0.15, -0.1) is 0 Å². The van der Waals surface area contributed by atoms with Crippen LogP contribution in [0.1, 0.15) is 25.7 Å². The first kappa shape index (κ1) is 15.9. The number of amides is 2. The minimum atomic E-state index is -0.490. The van der Waals surface area contributed by atoms with Gasteiger partial charge >= 0.3 is 0 Å². The van der Waals surface area contributed by atoms with E-state index >= 15 is 0 Å². The lowest BCUT2D eigenvalue weighted by atomic mass is 10.1. The number of carbonyl (C=O) groups is 2. The number of rotatable bonds is 4. The van der Waals surface area contributed by atoms with E-state index in [4.69, 9.17) is 9.57 Å². The summed E-state index contributed by atoms with van der Waals surface area (Å²) < 4.78 is 18.3. The molecule has 1 N–H and O–H groups in total. The van der Waals surface area contributed by atoms with Crippen LogP contribution in [0.4, 0.5) is 10.1 Å². The number of nitrogens with one attached hydrogen (secondary N) is 1. The summed E-state index contributed by atoms with van der Waals surface area (Å²) in [4.78, 5) is 30.9. The second-order valence-corrected chi connectivity index (χ2v) is 5.76. The maximum atomic E-state index is 13.0. The lowest BCUT2D eigenvalue weighted by Crippen LogP contribution is -2.37. The van der Waals surface area contributed by atoms with Crippen molar-refractivity contribution in [3.63, 3.8) is 0 Å². The third kappa shape index (κ3) is 3.86. The summed E-state index contributed by atoms with van der Waals surface area (Å²) >= 11 is 0. The van der Waals surface area contributed by atoms with Gasteiger partial charge in [0.15, 0.2) is 6.29 Å². The first-order chi connectivity index (χ1) is 11.1. The number of hydrogen-bond acceptors (Lipinski definition) is 4. The predicted molar refractivity (Wildman–Crippen MR) is 79.7 cm³/mol. The van der Waals surface area contributed by atoms with Crippen LogP contribution in [0.25, 0.3) is 0 Å². The van der Waals surface area contributed by atoms with E-state index in [0.29, 0.717) is 12.3 Å². The molecule has 1 aromatic carbocycles. The van der Waals surface area contributed by atoms with Crippen molar-refractivity contribution in [3.8, 4) is 0 Å². The number of anilines is 1. The van der Waals surface area contributed by atoms with Gasteiger partial charge in [0, 0.05) is 31.7 Å². The number of halogens is 1. The maximum Gasteiger partial charge on any atom is 0.249 e. The molecule has 3 rings (SSSR count). The minimum absolute atomic E-state index is 0.109. The van der Waals surface area contributed by atoms with Gasteiger partial charge in [-0.3, -0.25) is 9.59 Å². The van der Waals surface area contributed by atoms with Gasteiger partial charge in [-0.05, 0) is 37.1 Å². The third-order valence-electron chi connectivity index (χ3n) is 4.06. The molecule has 2 amide bonds. The number of ether oxygens (including phenoxy) is 1. The molecule has 124 valence electrons. The zero-order chi connectivity index (χ0) is 16.2. The van der Waals surface area contributed by atoms with Crippen LogP contribution in [0, 0.1) is 11.7 Å². The zero-order valence-corrected chi connectivity index (χ0v) is 12.7. The van der Waals surface area contributed by atoms with Crippen LogP contribution in [0.15, 0.2) is 24.3 Å². The first-order valence-electron chi connectivity index (χ1n) is 7.76. The van der Waals surface area contributed by atoms with Crippen LogP contribution >= 0.6 is 0 Å². The Morgan fingerprint density at radius 2 is 2.09 bits per heavy atom. The lowest BCUT2D eigenvalue weighted by Gasteiger charge is -2.23. The molecule has 0 unspecified atom stereocenters. The van der Waals surface area contributed by atoms with Crippen LogP contribution in [0.3, 0.4) is 0 Å². The molecule has 0 bridgehead atoms. The quantitative estimate of drug-likeness (QED) is 0.858. The summed E-state index contributed by atoms with van der Waals surface area (Å²) in [6, 6.07) is 5.64. The zero-order valence-electron chi connectivity index (χ0n) is 12.7. The summed E-state index contributed by atoms with van der Waals surface area (Å²) in [5, 5.41) is 0. The highest BCUT2D eigenvalue weighted by atomic mass is 19.1. The van der Waals surface area contributed by atoms with Crippen LogP contribution in [0.5, 0.6) is 0 Å². The molecule has 1 aromatic rings. The van der Waals surface area contributed by atoms with Crippen molar-refractivity contribution >= 4 is 17.5 Å². The normalized spacial score (nSPS) is 24.7. The van der Waals surface area contributed by atoms with Crippen molar-refractivity contribution in [1.82, 2.24) is 5.48 Å². The van der Waals surface area contributed by atoms with E-state index in [1.54, 1.807) is 0 Å². The summed E-state index contributed by atoms with van der Waals surface area (Å²) in [5.41, 5.74) is 2.98.